The number of nitrogens with one attached hydrogen (secondary N) is 1. The van der Waals surface area contributed by atoms with Crippen LogP contribution in [0.4, 0.5) is 0 Å². The molecule has 2 rings (SSSR count). The number of hydrogen-bond acceptors (Lipinski definition) is 5. The number of hydrogen-bond donors (Lipinski definition) is 1. The minimum atomic E-state index is -0.595. The number of carbonyl (C=O) groups excluding carboxylic acids is 1. The lowest BCUT2D eigenvalue weighted by atomic mass is 9.98. The first-order chi connectivity index (χ1) is 9.94. The van der Waals surface area contributed by atoms with Crippen LogP contribution in [0.25, 0.3) is 0 Å². The summed E-state index contributed by atoms with van der Waals surface area (Å²) in [5.74, 6) is -0.118. The Morgan fingerprint density at radius 1 is 1.43 bits per heavy atom. The molecule has 122 valence electrons. The Hall–Kier alpha value is -0.650. The molecule has 2 atom stereocenters. The average Bonchev–Trinajstić information content (AvgIpc) is 3.22. The van der Waals surface area contributed by atoms with Crippen LogP contribution in [-0.4, -0.2) is 73.7 Å². The van der Waals surface area contributed by atoms with Gasteiger partial charge in [-0.15, -0.1) is 0 Å². The highest BCUT2D eigenvalue weighted by Crippen LogP contribution is 2.25. The topological polar surface area (TPSA) is 44.8 Å². The number of likely N-dealkylation sites (tertiary alicyclic amines) is 1. The van der Waals surface area contributed by atoms with Crippen molar-refractivity contribution < 1.29 is 9.53 Å². The van der Waals surface area contributed by atoms with Crippen LogP contribution in [-0.2, 0) is 9.53 Å². The van der Waals surface area contributed by atoms with E-state index in [4.69, 9.17) is 4.74 Å². The molecule has 0 radical (unpaired) electrons. The Morgan fingerprint density at radius 3 is 2.71 bits per heavy atom. The van der Waals surface area contributed by atoms with Crippen molar-refractivity contribution in [3.05, 3.63) is 0 Å². The number of esters is 1. The van der Waals surface area contributed by atoms with Crippen molar-refractivity contribution in [1.82, 2.24) is 15.1 Å². The Morgan fingerprint density at radius 2 is 2.14 bits per heavy atom. The summed E-state index contributed by atoms with van der Waals surface area (Å²) in [7, 11) is 4.31. The fourth-order valence-electron chi connectivity index (χ4n) is 3.26. The lowest BCUT2D eigenvalue weighted by molar-refractivity contribution is -0.151. The van der Waals surface area contributed by atoms with Crippen LogP contribution < -0.4 is 5.32 Å². The Balaban J connectivity index is 1.97. The largest absolute Gasteiger partial charge is 0.465 e. The molecule has 0 aromatic rings. The molecule has 0 amide bonds. The van der Waals surface area contributed by atoms with Gasteiger partial charge < -0.3 is 9.64 Å². The van der Waals surface area contributed by atoms with Crippen molar-refractivity contribution in [1.29, 1.82) is 0 Å². The lowest BCUT2D eigenvalue weighted by Gasteiger charge is -2.40. The molecule has 1 aliphatic heterocycles. The summed E-state index contributed by atoms with van der Waals surface area (Å²) in [6.45, 7) is 7.28. The Bertz CT molecular complexity index is 359. The second kappa shape index (κ2) is 7.07. The van der Waals surface area contributed by atoms with E-state index in [2.05, 4.69) is 29.2 Å². The van der Waals surface area contributed by atoms with E-state index in [9.17, 15) is 4.79 Å². The van der Waals surface area contributed by atoms with Crippen LogP contribution in [0.15, 0.2) is 0 Å². The van der Waals surface area contributed by atoms with E-state index in [0.29, 0.717) is 25.2 Å². The van der Waals surface area contributed by atoms with E-state index in [0.717, 1.165) is 6.54 Å². The second-order valence-electron chi connectivity index (χ2n) is 6.94. The fraction of sp³-hybridized carbons (Fsp3) is 0.938. The summed E-state index contributed by atoms with van der Waals surface area (Å²) >= 11 is 0. The van der Waals surface area contributed by atoms with Crippen LogP contribution in [0.1, 0.15) is 39.5 Å². The molecule has 5 nitrogen and oxygen atoms in total. The van der Waals surface area contributed by atoms with Crippen molar-refractivity contribution in [2.45, 2.75) is 57.2 Å². The third-order valence-electron chi connectivity index (χ3n) is 4.61. The third kappa shape index (κ3) is 4.66. The van der Waals surface area contributed by atoms with E-state index in [1.807, 2.05) is 13.8 Å². The van der Waals surface area contributed by atoms with Gasteiger partial charge in [-0.05, 0) is 60.2 Å². The van der Waals surface area contributed by atoms with E-state index in [1.165, 1.54) is 32.2 Å². The van der Waals surface area contributed by atoms with Crippen molar-refractivity contribution in [3.8, 4) is 0 Å². The van der Waals surface area contributed by atoms with Gasteiger partial charge in [0, 0.05) is 25.2 Å². The molecule has 1 heterocycles. The molecule has 21 heavy (non-hydrogen) atoms. The first-order valence-corrected chi connectivity index (χ1v) is 8.28. The first kappa shape index (κ1) is 16.7. The van der Waals surface area contributed by atoms with Gasteiger partial charge in [0.1, 0.15) is 5.54 Å². The SMILES string of the molecule is CCOC(=O)C(C)(CN(C)C1CCCN(C)C1)NC1CC1. The molecule has 0 spiro atoms. The number of piperidine rings is 1. The van der Waals surface area contributed by atoms with Crippen LogP contribution >= 0.6 is 0 Å². The Labute approximate surface area is 129 Å². The summed E-state index contributed by atoms with van der Waals surface area (Å²) < 4.78 is 5.31. The number of nitrogens with zero attached hydrogens (tertiary/aromatic N) is 2. The second-order valence-corrected chi connectivity index (χ2v) is 6.94. The van der Waals surface area contributed by atoms with Crippen molar-refractivity contribution in [3.63, 3.8) is 0 Å². The van der Waals surface area contributed by atoms with Gasteiger partial charge in [0.05, 0.1) is 6.61 Å². The molecule has 0 aromatic heterocycles. The van der Waals surface area contributed by atoms with Crippen molar-refractivity contribution in [2.24, 2.45) is 0 Å². The third-order valence-corrected chi connectivity index (χ3v) is 4.61. The zero-order valence-corrected chi connectivity index (χ0v) is 14.0. The van der Waals surface area contributed by atoms with E-state index in [1.54, 1.807) is 0 Å². The van der Waals surface area contributed by atoms with E-state index < -0.39 is 5.54 Å². The smallest absolute Gasteiger partial charge is 0.327 e. The summed E-state index contributed by atoms with van der Waals surface area (Å²) in [6, 6.07) is 1.01. The maximum atomic E-state index is 12.4. The molecule has 0 bridgehead atoms. The number of likely N-dealkylation sites (N-methyl/N-ethyl adjacent to an activating group) is 2. The normalized spacial score (nSPS) is 26.6. The number of ether oxygens (including phenoxy) is 1. The van der Waals surface area contributed by atoms with Crippen molar-refractivity contribution in [2.75, 3.05) is 40.3 Å². The molecule has 1 saturated heterocycles. The molecular weight excluding hydrogens is 266 g/mol. The van der Waals surface area contributed by atoms with Gasteiger partial charge in [0.2, 0.25) is 0 Å². The summed E-state index contributed by atoms with van der Waals surface area (Å²) in [5, 5.41) is 3.50. The van der Waals surface area contributed by atoms with Gasteiger partial charge in [-0.3, -0.25) is 15.0 Å². The highest BCUT2D eigenvalue weighted by Gasteiger charge is 2.41. The average molecular weight is 297 g/mol. The maximum absolute atomic E-state index is 12.4. The van der Waals surface area contributed by atoms with Crippen LogP contribution in [0.5, 0.6) is 0 Å². The zero-order valence-electron chi connectivity index (χ0n) is 14.0. The zero-order chi connectivity index (χ0) is 15.5. The van der Waals surface area contributed by atoms with E-state index >= 15 is 0 Å². The standard InChI is InChI=1S/C16H31N3O2/c1-5-21-15(20)16(2,17-13-8-9-13)12-19(4)14-7-6-10-18(3)11-14/h13-14,17H,5-12H2,1-4H3. The maximum Gasteiger partial charge on any atom is 0.327 e. The lowest BCUT2D eigenvalue weighted by Crippen LogP contribution is -2.60. The molecule has 2 unspecified atom stereocenters. The Kier molecular flexibility index (Phi) is 5.63. The molecule has 5 heteroatoms. The van der Waals surface area contributed by atoms with Gasteiger partial charge in [0.25, 0.3) is 0 Å². The molecule has 2 aliphatic rings. The molecule has 0 aromatic carbocycles. The fourth-order valence-corrected chi connectivity index (χ4v) is 3.26. The monoisotopic (exact) mass is 297 g/mol. The van der Waals surface area contributed by atoms with Crippen LogP contribution in [0.2, 0.25) is 0 Å². The first-order valence-electron chi connectivity index (χ1n) is 8.28. The molecule has 2 fully saturated rings. The van der Waals surface area contributed by atoms with Gasteiger partial charge in [-0.2, -0.15) is 0 Å². The quantitative estimate of drug-likeness (QED) is 0.713. The highest BCUT2D eigenvalue weighted by atomic mass is 16.5. The van der Waals surface area contributed by atoms with Gasteiger partial charge in [-0.25, -0.2) is 0 Å². The minimum Gasteiger partial charge on any atom is -0.465 e. The molecule has 1 N–H and O–H groups in total. The van der Waals surface area contributed by atoms with Crippen LogP contribution in [0.3, 0.4) is 0 Å². The molecule has 1 saturated carbocycles. The van der Waals surface area contributed by atoms with Crippen molar-refractivity contribution >= 4 is 5.97 Å². The molecular formula is C16H31N3O2. The summed E-state index contributed by atoms with van der Waals surface area (Å²) in [4.78, 5) is 17.1. The summed E-state index contributed by atoms with van der Waals surface area (Å²) in [6.07, 6.45) is 4.79. The minimum absolute atomic E-state index is 0.118. The number of carbonyl (C=O) groups is 1. The van der Waals surface area contributed by atoms with Gasteiger partial charge in [0.15, 0.2) is 0 Å². The highest BCUT2D eigenvalue weighted by molar-refractivity contribution is 5.80. The number of rotatable bonds is 7. The summed E-state index contributed by atoms with van der Waals surface area (Å²) in [5.41, 5.74) is -0.595. The predicted molar refractivity (Wildman–Crippen MR) is 84.3 cm³/mol. The molecule has 1 aliphatic carbocycles. The van der Waals surface area contributed by atoms with E-state index in [-0.39, 0.29) is 5.97 Å². The van der Waals surface area contributed by atoms with Crippen LogP contribution in [0, 0.1) is 0 Å². The predicted octanol–water partition coefficient (Wildman–Crippen LogP) is 1.09. The van der Waals surface area contributed by atoms with Gasteiger partial charge in [-0.1, -0.05) is 0 Å². The van der Waals surface area contributed by atoms with Gasteiger partial charge >= 0.3 is 5.97 Å².